The van der Waals surface area contributed by atoms with E-state index in [9.17, 15) is 4.79 Å². The number of amides is 1. The number of pyridine rings is 1. The van der Waals surface area contributed by atoms with Crippen LogP contribution in [0, 0.1) is 6.92 Å². The summed E-state index contributed by atoms with van der Waals surface area (Å²) in [7, 11) is 0. The Hall–Kier alpha value is -2.82. The molecule has 2 aliphatic rings. The highest BCUT2D eigenvalue weighted by Gasteiger charge is 2.22. The lowest BCUT2D eigenvalue weighted by Crippen LogP contribution is -2.25. The van der Waals surface area contributed by atoms with Gasteiger partial charge in [-0.25, -0.2) is 4.98 Å². The molecule has 0 unspecified atom stereocenters. The summed E-state index contributed by atoms with van der Waals surface area (Å²) in [4.78, 5) is 17.5. The average Bonchev–Trinajstić information content (AvgIpc) is 3.20. The van der Waals surface area contributed by atoms with Gasteiger partial charge in [-0.3, -0.25) is 9.20 Å². The number of nitrogens with one attached hydrogen (secondary N) is 1. The Morgan fingerprint density at radius 3 is 3.00 bits per heavy atom. The Labute approximate surface area is 158 Å². The zero-order chi connectivity index (χ0) is 18.4. The van der Waals surface area contributed by atoms with Crippen LogP contribution >= 0.6 is 0 Å². The van der Waals surface area contributed by atoms with Gasteiger partial charge in [0, 0.05) is 19.2 Å². The zero-order valence-corrected chi connectivity index (χ0v) is 15.5. The summed E-state index contributed by atoms with van der Waals surface area (Å²) < 4.78 is 7.45. The van der Waals surface area contributed by atoms with E-state index in [2.05, 4.69) is 28.5 Å². The van der Waals surface area contributed by atoms with E-state index in [0.29, 0.717) is 18.2 Å². The summed E-state index contributed by atoms with van der Waals surface area (Å²) in [5.74, 6) is 1.53. The van der Waals surface area contributed by atoms with Crippen LogP contribution in [0.25, 0.3) is 5.65 Å². The van der Waals surface area contributed by atoms with Crippen molar-refractivity contribution in [3.05, 3.63) is 64.6 Å². The smallest absolute Gasteiger partial charge is 0.270 e. The van der Waals surface area contributed by atoms with Gasteiger partial charge in [0.05, 0.1) is 12.3 Å². The van der Waals surface area contributed by atoms with Crippen LogP contribution in [0.4, 0.5) is 0 Å². The van der Waals surface area contributed by atoms with Crippen LogP contribution < -0.4 is 10.1 Å². The van der Waals surface area contributed by atoms with Crippen LogP contribution in [0.15, 0.2) is 36.5 Å². The SMILES string of the molecule is Cc1nc2cc(C3CCC3)ccn2c1C(=O)NCc1ccc2c(c1)CCO2. The summed E-state index contributed by atoms with van der Waals surface area (Å²) in [5, 5.41) is 3.04. The Bertz CT molecular complexity index is 1030. The molecule has 0 spiro atoms. The first-order valence-corrected chi connectivity index (χ1v) is 9.70. The van der Waals surface area contributed by atoms with Gasteiger partial charge in [-0.1, -0.05) is 18.6 Å². The fraction of sp³-hybridized carbons (Fsp3) is 0.364. The van der Waals surface area contributed by atoms with Crippen molar-refractivity contribution in [3.63, 3.8) is 0 Å². The monoisotopic (exact) mass is 361 g/mol. The molecule has 1 fully saturated rings. The van der Waals surface area contributed by atoms with E-state index in [1.165, 1.54) is 30.4 Å². The highest BCUT2D eigenvalue weighted by molar-refractivity contribution is 5.94. The fourth-order valence-electron chi connectivity index (χ4n) is 4.06. The van der Waals surface area contributed by atoms with Crippen molar-refractivity contribution in [2.75, 3.05) is 6.61 Å². The Morgan fingerprint density at radius 2 is 2.19 bits per heavy atom. The molecule has 1 N–H and O–H groups in total. The fourth-order valence-corrected chi connectivity index (χ4v) is 4.06. The highest BCUT2D eigenvalue weighted by Crippen LogP contribution is 2.36. The molecule has 2 aromatic heterocycles. The van der Waals surface area contributed by atoms with Gasteiger partial charge < -0.3 is 10.1 Å². The average molecular weight is 361 g/mol. The van der Waals surface area contributed by atoms with Crippen molar-refractivity contribution in [1.82, 2.24) is 14.7 Å². The highest BCUT2D eigenvalue weighted by atomic mass is 16.5. The number of aryl methyl sites for hydroxylation is 1. The van der Waals surface area contributed by atoms with Gasteiger partial charge in [-0.15, -0.1) is 0 Å². The van der Waals surface area contributed by atoms with Crippen molar-refractivity contribution in [2.45, 2.75) is 45.1 Å². The number of carbonyl (C=O) groups excluding carboxylic acids is 1. The summed E-state index contributed by atoms with van der Waals surface area (Å²) >= 11 is 0. The second-order valence-corrected chi connectivity index (χ2v) is 7.59. The third-order valence-electron chi connectivity index (χ3n) is 5.82. The molecule has 5 nitrogen and oxygen atoms in total. The van der Waals surface area contributed by atoms with Crippen LogP contribution in [0.2, 0.25) is 0 Å². The van der Waals surface area contributed by atoms with Gasteiger partial charge in [0.2, 0.25) is 0 Å². The van der Waals surface area contributed by atoms with E-state index in [4.69, 9.17) is 4.74 Å². The maximum atomic E-state index is 12.8. The van der Waals surface area contributed by atoms with Gasteiger partial charge in [0.15, 0.2) is 0 Å². The number of carbonyl (C=O) groups is 1. The van der Waals surface area contributed by atoms with E-state index < -0.39 is 0 Å². The van der Waals surface area contributed by atoms with Gasteiger partial charge in [0.1, 0.15) is 17.1 Å². The summed E-state index contributed by atoms with van der Waals surface area (Å²) in [6.07, 6.45) is 6.76. The Balaban J connectivity index is 1.36. The largest absolute Gasteiger partial charge is 0.493 e. The molecule has 1 aliphatic carbocycles. The zero-order valence-electron chi connectivity index (χ0n) is 15.5. The lowest BCUT2D eigenvalue weighted by Gasteiger charge is -2.25. The Morgan fingerprint density at radius 1 is 1.30 bits per heavy atom. The molecule has 1 saturated carbocycles. The van der Waals surface area contributed by atoms with Crippen LogP contribution in [-0.4, -0.2) is 21.9 Å². The number of fused-ring (bicyclic) bond motifs is 2. The van der Waals surface area contributed by atoms with E-state index in [1.807, 2.05) is 29.7 Å². The molecule has 0 saturated heterocycles. The van der Waals surface area contributed by atoms with Crippen LogP contribution in [0.3, 0.4) is 0 Å². The number of hydrogen-bond acceptors (Lipinski definition) is 3. The molecule has 1 aliphatic heterocycles. The molecule has 1 aromatic carbocycles. The number of nitrogens with zero attached hydrogens (tertiary/aromatic N) is 2. The molecule has 0 radical (unpaired) electrons. The lowest BCUT2D eigenvalue weighted by molar-refractivity contribution is 0.0944. The standard InChI is InChI=1S/C22H23N3O2/c1-14-21(25-9-7-17(12-20(25)24-14)16-3-2-4-16)22(26)23-13-15-5-6-19-18(11-15)8-10-27-19/h5-7,9,11-12,16H,2-4,8,10,13H2,1H3,(H,23,26). The maximum absolute atomic E-state index is 12.8. The van der Waals surface area contributed by atoms with E-state index in [1.54, 1.807) is 0 Å². The minimum absolute atomic E-state index is 0.0897. The third kappa shape index (κ3) is 2.87. The molecule has 5 heteroatoms. The number of aromatic nitrogens is 2. The number of imidazole rings is 1. The van der Waals surface area contributed by atoms with Gasteiger partial charge in [0.25, 0.3) is 5.91 Å². The molecule has 3 aromatic rings. The first kappa shape index (κ1) is 16.4. The maximum Gasteiger partial charge on any atom is 0.270 e. The van der Waals surface area contributed by atoms with Crippen LogP contribution in [-0.2, 0) is 13.0 Å². The predicted octanol–water partition coefficient (Wildman–Crippen LogP) is 3.78. The second-order valence-electron chi connectivity index (χ2n) is 7.59. The lowest BCUT2D eigenvalue weighted by atomic mass is 9.80. The van der Waals surface area contributed by atoms with Gasteiger partial charge >= 0.3 is 0 Å². The molecular weight excluding hydrogens is 338 g/mol. The minimum atomic E-state index is -0.0897. The minimum Gasteiger partial charge on any atom is -0.493 e. The molecule has 1 amide bonds. The molecule has 0 bridgehead atoms. The molecule has 3 heterocycles. The predicted molar refractivity (Wildman–Crippen MR) is 103 cm³/mol. The topological polar surface area (TPSA) is 55.6 Å². The number of benzene rings is 1. The third-order valence-corrected chi connectivity index (χ3v) is 5.82. The molecule has 0 atom stereocenters. The molecule has 5 rings (SSSR count). The van der Waals surface area contributed by atoms with Crippen molar-refractivity contribution in [3.8, 4) is 5.75 Å². The number of rotatable bonds is 4. The second kappa shape index (κ2) is 6.41. The molecule has 27 heavy (non-hydrogen) atoms. The normalized spacial score (nSPS) is 16.0. The van der Waals surface area contributed by atoms with E-state index in [0.717, 1.165) is 35.7 Å². The number of ether oxygens (including phenoxy) is 1. The first-order chi connectivity index (χ1) is 13.2. The van der Waals surface area contributed by atoms with Gasteiger partial charge in [-0.2, -0.15) is 0 Å². The van der Waals surface area contributed by atoms with Crippen molar-refractivity contribution in [2.24, 2.45) is 0 Å². The summed E-state index contributed by atoms with van der Waals surface area (Å²) in [6, 6.07) is 10.4. The van der Waals surface area contributed by atoms with E-state index >= 15 is 0 Å². The molecule has 138 valence electrons. The molecular formula is C22H23N3O2. The van der Waals surface area contributed by atoms with Crippen LogP contribution in [0.5, 0.6) is 5.75 Å². The quantitative estimate of drug-likeness (QED) is 0.769. The van der Waals surface area contributed by atoms with Crippen molar-refractivity contribution >= 4 is 11.6 Å². The Kier molecular flexibility index (Phi) is 3.88. The summed E-state index contributed by atoms with van der Waals surface area (Å²) in [5.41, 5.74) is 5.89. The first-order valence-electron chi connectivity index (χ1n) is 9.70. The van der Waals surface area contributed by atoms with Crippen molar-refractivity contribution in [1.29, 1.82) is 0 Å². The number of hydrogen-bond donors (Lipinski definition) is 1. The van der Waals surface area contributed by atoms with Crippen LogP contribution in [0.1, 0.15) is 58.1 Å². The van der Waals surface area contributed by atoms with Gasteiger partial charge in [-0.05, 0) is 60.6 Å². The van der Waals surface area contributed by atoms with E-state index in [-0.39, 0.29) is 5.91 Å². The summed E-state index contributed by atoms with van der Waals surface area (Å²) in [6.45, 7) is 3.14. The van der Waals surface area contributed by atoms with Crippen molar-refractivity contribution < 1.29 is 9.53 Å².